The van der Waals surface area contributed by atoms with Crippen LogP contribution in [0.2, 0.25) is 4.34 Å². The van der Waals surface area contributed by atoms with Crippen molar-refractivity contribution in [2.45, 2.75) is 27.2 Å². The van der Waals surface area contributed by atoms with Gasteiger partial charge in [-0.1, -0.05) is 32.4 Å². The molecule has 0 spiro atoms. The minimum atomic E-state index is -0.00223. The van der Waals surface area contributed by atoms with Crippen molar-refractivity contribution >= 4 is 34.8 Å². The van der Waals surface area contributed by atoms with E-state index < -0.39 is 0 Å². The Morgan fingerprint density at radius 1 is 1.14 bits per heavy atom. The van der Waals surface area contributed by atoms with Crippen LogP contribution >= 0.6 is 22.9 Å². The molecule has 1 aromatic heterocycles. The summed E-state index contributed by atoms with van der Waals surface area (Å²) in [4.78, 5) is 28.8. The lowest BCUT2D eigenvalue weighted by molar-refractivity contribution is -0.134. The molecule has 2 amide bonds. The summed E-state index contributed by atoms with van der Waals surface area (Å²) in [6.07, 6.45) is 0.543. The lowest BCUT2D eigenvalue weighted by Crippen LogP contribution is -2.51. The van der Waals surface area contributed by atoms with E-state index in [0.29, 0.717) is 41.8 Å². The van der Waals surface area contributed by atoms with Crippen molar-refractivity contribution in [2.75, 3.05) is 26.2 Å². The Kier molecular flexibility index (Phi) is 4.94. The molecule has 1 aliphatic rings. The van der Waals surface area contributed by atoms with E-state index in [1.54, 1.807) is 17.0 Å². The Balaban J connectivity index is 1.88. The number of thiophene rings is 1. The molecule has 0 atom stereocenters. The molecule has 0 saturated carbocycles. The summed E-state index contributed by atoms with van der Waals surface area (Å²) < 4.78 is 0.623. The third-order valence-corrected chi connectivity index (χ3v) is 4.60. The molecule has 116 valence electrons. The number of carbonyl (C=O) groups excluding carboxylic acids is 2. The summed E-state index contributed by atoms with van der Waals surface area (Å²) >= 11 is 7.16. The quantitative estimate of drug-likeness (QED) is 0.837. The second-order valence-electron chi connectivity index (χ2n) is 6.51. The number of rotatable bonds is 2. The van der Waals surface area contributed by atoms with E-state index in [2.05, 4.69) is 20.8 Å². The zero-order valence-corrected chi connectivity index (χ0v) is 14.3. The van der Waals surface area contributed by atoms with Gasteiger partial charge in [0.05, 0.1) is 9.21 Å². The van der Waals surface area contributed by atoms with Crippen LogP contribution in [0.4, 0.5) is 0 Å². The standard InChI is InChI=1S/C15H21ClN2O2S/c1-15(2,3)10-13(19)17-6-8-18(9-7-17)14(20)11-4-5-12(16)21-11/h4-5H,6-10H2,1-3H3. The maximum absolute atomic E-state index is 12.3. The molecule has 1 saturated heterocycles. The fraction of sp³-hybridized carbons (Fsp3) is 0.600. The first-order chi connectivity index (χ1) is 9.76. The highest BCUT2D eigenvalue weighted by molar-refractivity contribution is 7.17. The Labute approximate surface area is 134 Å². The number of hydrogen-bond acceptors (Lipinski definition) is 3. The van der Waals surface area contributed by atoms with Crippen LogP contribution < -0.4 is 0 Å². The van der Waals surface area contributed by atoms with Gasteiger partial charge in [0.2, 0.25) is 5.91 Å². The van der Waals surface area contributed by atoms with Crippen LogP contribution in [0, 0.1) is 5.41 Å². The van der Waals surface area contributed by atoms with Crippen molar-refractivity contribution < 1.29 is 9.59 Å². The predicted molar refractivity (Wildman–Crippen MR) is 85.9 cm³/mol. The van der Waals surface area contributed by atoms with Crippen molar-refractivity contribution in [2.24, 2.45) is 5.41 Å². The Morgan fingerprint density at radius 3 is 2.19 bits per heavy atom. The van der Waals surface area contributed by atoms with E-state index in [0.717, 1.165) is 0 Å². The fourth-order valence-corrected chi connectivity index (χ4v) is 3.32. The molecule has 2 rings (SSSR count). The predicted octanol–water partition coefficient (Wildman–Crippen LogP) is 3.12. The summed E-state index contributed by atoms with van der Waals surface area (Å²) in [7, 11) is 0. The van der Waals surface area contributed by atoms with E-state index in [4.69, 9.17) is 11.6 Å². The van der Waals surface area contributed by atoms with Crippen molar-refractivity contribution in [3.63, 3.8) is 0 Å². The summed E-state index contributed by atoms with van der Waals surface area (Å²) in [6.45, 7) is 8.58. The van der Waals surface area contributed by atoms with Gasteiger partial charge in [-0.15, -0.1) is 11.3 Å². The van der Waals surface area contributed by atoms with Crippen LogP contribution in [0.3, 0.4) is 0 Å². The van der Waals surface area contributed by atoms with Gasteiger partial charge < -0.3 is 9.80 Å². The van der Waals surface area contributed by atoms with Gasteiger partial charge in [-0.25, -0.2) is 0 Å². The third kappa shape index (κ3) is 4.45. The second-order valence-corrected chi connectivity index (χ2v) is 8.23. The molecule has 1 fully saturated rings. The number of carbonyl (C=O) groups is 2. The molecule has 0 radical (unpaired) electrons. The topological polar surface area (TPSA) is 40.6 Å². The van der Waals surface area contributed by atoms with Gasteiger partial charge in [-0.3, -0.25) is 9.59 Å². The third-order valence-electron chi connectivity index (χ3n) is 3.39. The van der Waals surface area contributed by atoms with E-state index in [1.807, 2.05) is 4.90 Å². The van der Waals surface area contributed by atoms with Crippen LogP contribution in [0.15, 0.2) is 12.1 Å². The number of nitrogens with zero attached hydrogens (tertiary/aromatic N) is 2. The maximum Gasteiger partial charge on any atom is 0.264 e. The first kappa shape index (κ1) is 16.3. The zero-order chi connectivity index (χ0) is 15.6. The molecule has 0 unspecified atom stereocenters. The molecule has 6 heteroatoms. The smallest absolute Gasteiger partial charge is 0.264 e. The van der Waals surface area contributed by atoms with Gasteiger partial charge in [0.15, 0.2) is 0 Å². The average Bonchev–Trinajstić information content (AvgIpc) is 2.83. The molecule has 21 heavy (non-hydrogen) atoms. The van der Waals surface area contributed by atoms with E-state index in [1.165, 1.54) is 11.3 Å². The van der Waals surface area contributed by atoms with E-state index in [-0.39, 0.29) is 17.2 Å². The van der Waals surface area contributed by atoms with Crippen molar-refractivity contribution in [3.8, 4) is 0 Å². The molecule has 2 heterocycles. The van der Waals surface area contributed by atoms with Gasteiger partial charge >= 0.3 is 0 Å². The van der Waals surface area contributed by atoms with Crippen LogP contribution in [0.25, 0.3) is 0 Å². The number of hydrogen-bond donors (Lipinski definition) is 0. The summed E-state index contributed by atoms with van der Waals surface area (Å²) in [6, 6.07) is 3.50. The first-order valence-electron chi connectivity index (χ1n) is 7.09. The van der Waals surface area contributed by atoms with E-state index >= 15 is 0 Å². The van der Waals surface area contributed by atoms with Crippen LogP contribution in [0.1, 0.15) is 36.9 Å². The Hall–Kier alpha value is -1.07. The fourth-order valence-electron chi connectivity index (χ4n) is 2.31. The van der Waals surface area contributed by atoms with Crippen LogP contribution in [-0.2, 0) is 4.79 Å². The van der Waals surface area contributed by atoms with Crippen LogP contribution in [0.5, 0.6) is 0 Å². The van der Waals surface area contributed by atoms with Gasteiger partial charge in [-0.05, 0) is 17.5 Å². The Morgan fingerprint density at radius 2 is 1.71 bits per heavy atom. The number of piperazine rings is 1. The molecule has 0 N–H and O–H groups in total. The van der Waals surface area contributed by atoms with Crippen molar-refractivity contribution in [3.05, 3.63) is 21.3 Å². The summed E-state index contributed by atoms with van der Waals surface area (Å²) in [5.74, 6) is 0.184. The SMILES string of the molecule is CC(C)(C)CC(=O)N1CCN(C(=O)c2ccc(Cl)s2)CC1. The highest BCUT2D eigenvalue weighted by atomic mass is 35.5. The van der Waals surface area contributed by atoms with Gasteiger partial charge in [0.1, 0.15) is 0 Å². The molecule has 0 aromatic carbocycles. The highest BCUT2D eigenvalue weighted by Crippen LogP contribution is 2.24. The summed E-state index contributed by atoms with van der Waals surface area (Å²) in [5.41, 5.74) is -0.00223. The molecule has 4 nitrogen and oxygen atoms in total. The zero-order valence-electron chi connectivity index (χ0n) is 12.7. The number of halogens is 1. The lowest BCUT2D eigenvalue weighted by Gasteiger charge is -2.35. The monoisotopic (exact) mass is 328 g/mol. The Bertz CT molecular complexity index is 528. The highest BCUT2D eigenvalue weighted by Gasteiger charge is 2.27. The van der Waals surface area contributed by atoms with Gasteiger partial charge in [-0.2, -0.15) is 0 Å². The van der Waals surface area contributed by atoms with Gasteiger partial charge in [0.25, 0.3) is 5.91 Å². The molecule has 1 aromatic rings. The molecule has 0 aliphatic carbocycles. The largest absolute Gasteiger partial charge is 0.339 e. The van der Waals surface area contributed by atoms with Crippen LogP contribution in [-0.4, -0.2) is 47.8 Å². The number of amides is 2. The lowest BCUT2D eigenvalue weighted by atomic mass is 9.91. The second kappa shape index (κ2) is 6.36. The van der Waals surface area contributed by atoms with Gasteiger partial charge in [0, 0.05) is 32.6 Å². The maximum atomic E-state index is 12.3. The minimum Gasteiger partial charge on any atom is -0.339 e. The van der Waals surface area contributed by atoms with Crippen molar-refractivity contribution in [1.29, 1.82) is 0 Å². The average molecular weight is 329 g/mol. The summed E-state index contributed by atoms with van der Waals surface area (Å²) in [5, 5.41) is 0. The van der Waals surface area contributed by atoms with Crippen molar-refractivity contribution in [1.82, 2.24) is 9.80 Å². The van der Waals surface area contributed by atoms with E-state index in [9.17, 15) is 9.59 Å². The molecular formula is C15H21ClN2O2S. The molecular weight excluding hydrogens is 308 g/mol. The first-order valence-corrected chi connectivity index (χ1v) is 8.28. The minimum absolute atomic E-state index is 0.00223. The molecule has 1 aliphatic heterocycles. The molecule has 0 bridgehead atoms. The normalized spacial score (nSPS) is 16.2.